The summed E-state index contributed by atoms with van der Waals surface area (Å²) in [6.45, 7) is 3.03. The fourth-order valence-electron chi connectivity index (χ4n) is 3.73. The van der Waals surface area contributed by atoms with Gasteiger partial charge in [-0.25, -0.2) is 19.3 Å². The molecule has 1 fully saturated rings. The minimum atomic E-state index is -0.325. The molecule has 0 saturated carbocycles. The number of likely N-dealkylation sites (tertiary alicyclic amines) is 1. The molecule has 1 amide bonds. The Labute approximate surface area is 162 Å². The van der Waals surface area contributed by atoms with E-state index in [1.807, 2.05) is 4.90 Å². The van der Waals surface area contributed by atoms with Crippen molar-refractivity contribution in [3.05, 3.63) is 47.8 Å². The van der Waals surface area contributed by atoms with Crippen molar-refractivity contribution in [2.24, 2.45) is 0 Å². The lowest BCUT2D eigenvalue weighted by atomic mass is 10.0. The fourth-order valence-corrected chi connectivity index (χ4v) is 3.73. The van der Waals surface area contributed by atoms with Crippen molar-refractivity contribution in [1.82, 2.24) is 24.8 Å². The monoisotopic (exact) mass is 382 g/mol. The number of aryl methyl sites for hydroxylation is 1. The number of halogens is 1. The summed E-state index contributed by atoms with van der Waals surface area (Å²) in [7, 11) is 0. The van der Waals surface area contributed by atoms with E-state index in [1.54, 1.807) is 19.3 Å². The van der Waals surface area contributed by atoms with Crippen LogP contribution in [0.1, 0.15) is 41.6 Å². The van der Waals surface area contributed by atoms with Crippen molar-refractivity contribution < 1.29 is 9.18 Å². The summed E-state index contributed by atoms with van der Waals surface area (Å²) in [6, 6.07) is 4.39. The van der Waals surface area contributed by atoms with Crippen LogP contribution in [0.5, 0.6) is 0 Å². The highest BCUT2D eigenvalue weighted by atomic mass is 19.1. The number of hydrogen-bond acceptors (Lipinski definition) is 5. The summed E-state index contributed by atoms with van der Waals surface area (Å²) >= 11 is 0. The maximum Gasteiger partial charge on any atom is 0.254 e. The number of benzene rings is 1. The van der Waals surface area contributed by atoms with Gasteiger partial charge >= 0.3 is 0 Å². The molecule has 0 bridgehead atoms. The van der Waals surface area contributed by atoms with E-state index in [0.29, 0.717) is 35.7 Å². The highest BCUT2D eigenvalue weighted by molar-refractivity contribution is 5.95. The van der Waals surface area contributed by atoms with Crippen molar-refractivity contribution in [3.63, 3.8) is 0 Å². The summed E-state index contributed by atoms with van der Waals surface area (Å²) in [6.07, 6.45) is 7.14. The Morgan fingerprint density at radius 2 is 2.14 bits per heavy atom. The molecule has 1 atom stereocenters. The average molecular weight is 382 g/mol. The van der Waals surface area contributed by atoms with Gasteiger partial charge in [-0.3, -0.25) is 4.79 Å². The zero-order valence-electron chi connectivity index (χ0n) is 15.8. The number of nitrogens with one attached hydrogen (secondary N) is 2. The average Bonchev–Trinajstić information content (AvgIpc) is 3.13. The lowest BCUT2D eigenvalue weighted by Gasteiger charge is -2.31. The van der Waals surface area contributed by atoms with E-state index < -0.39 is 0 Å². The Balaban J connectivity index is 1.55. The smallest absolute Gasteiger partial charge is 0.254 e. The van der Waals surface area contributed by atoms with Gasteiger partial charge in [0.15, 0.2) is 11.5 Å². The first-order valence-corrected chi connectivity index (χ1v) is 9.58. The number of aromatic amines is 1. The molecule has 1 unspecified atom stereocenters. The highest BCUT2D eigenvalue weighted by Crippen LogP contribution is 2.21. The molecule has 1 aliphatic heterocycles. The molecule has 0 aliphatic carbocycles. The molecule has 2 aromatic heterocycles. The van der Waals surface area contributed by atoms with Crippen LogP contribution in [0.3, 0.4) is 0 Å². The SMILES string of the molecule is Cc1cc(F)ccc1C(=O)N1CCCCCC(Nc2ncnc3nc[nH]c23)C1. The predicted molar refractivity (Wildman–Crippen MR) is 105 cm³/mol. The van der Waals surface area contributed by atoms with Crippen LogP contribution in [-0.4, -0.2) is 49.9 Å². The molecule has 1 aliphatic rings. The maximum absolute atomic E-state index is 13.4. The lowest BCUT2D eigenvalue weighted by molar-refractivity contribution is 0.0735. The maximum atomic E-state index is 13.4. The van der Waals surface area contributed by atoms with E-state index >= 15 is 0 Å². The molecular weight excluding hydrogens is 359 g/mol. The van der Waals surface area contributed by atoms with Gasteiger partial charge in [0, 0.05) is 24.7 Å². The fraction of sp³-hybridized carbons (Fsp3) is 0.400. The molecule has 0 radical (unpaired) electrons. The third kappa shape index (κ3) is 3.81. The number of nitrogens with zero attached hydrogens (tertiary/aromatic N) is 4. The number of imidazole rings is 1. The third-order valence-electron chi connectivity index (χ3n) is 5.19. The molecular formula is C20H23FN6O. The Hall–Kier alpha value is -3.03. The number of rotatable bonds is 3. The number of anilines is 1. The van der Waals surface area contributed by atoms with Crippen molar-refractivity contribution in [2.75, 3.05) is 18.4 Å². The van der Waals surface area contributed by atoms with E-state index in [4.69, 9.17) is 0 Å². The van der Waals surface area contributed by atoms with Crippen molar-refractivity contribution in [3.8, 4) is 0 Å². The van der Waals surface area contributed by atoms with Gasteiger partial charge in [-0.2, -0.15) is 0 Å². The van der Waals surface area contributed by atoms with Gasteiger partial charge in [-0.1, -0.05) is 12.8 Å². The number of hydrogen-bond donors (Lipinski definition) is 2. The van der Waals surface area contributed by atoms with Crippen LogP contribution in [0.25, 0.3) is 11.2 Å². The van der Waals surface area contributed by atoms with E-state index in [9.17, 15) is 9.18 Å². The van der Waals surface area contributed by atoms with Gasteiger partial charge in [0.2, 0.25) is 0 Å². The van der Waals surface area contributed by atoms with Crippen LogP contribution in [0, 0.1) is 12.7 Å². The summed E-state index contributed by atoms with van der Waals surface area (Å²) in [5.74, 6) is 0.313. The molecule has 7 nitrogen and oxygen atoms in total. The number of aromatic nitrogens is 4. The van der Waals surface area contributed by atoms with Crippen LogP contribution in [0.15, 0.2) is 30.9 Å². The van der Waals surface area contributed by atoms with E-state index in [0.717, 1.165) is 31.2 Å². The summed E-state index contributed by atoms with van der Waals surface area (Å²) in [4.78, 5) is 30.7. The van der Waals surface area contributed by atoms with Gasteiger partial charge in [0.1, 0.15) is 17.7 Å². The largest absolute Gasteiger partial charge is 0.364 e. The Morgan fingerprint density at radius 3 is 3.00 bits per heavy atom. The molecule has 2 N–H and O–H groups in total. The first-order chi connectivity index (χ1) is 13.6. The molecule has 8 heteroatoms. The normalized spacial score (nSPS) is 17.9. The van der Waals surface area contributed by atoms with Crippen molar-refractivity contribution >= 4 is 22.9 Å². The lowest BCUT2D eigenvalue weighted by Crippen LogP contribution is -2.42. The second-order valence-corrected chi connectivity index (χ2v) is 7.22. The first kappa shape index (κ1) is 18.3. The number of carbonyl (C=O) groups is 1. The molecule has 1 saturated heterocycles. The summed E-state index contributed by atoms with van der Waals surface area (Å²) < 4.78 is 13.4. The van der Waals surface area contributed by atoms with Gasteiger partial charge in [-0.05, 0) is 43.5 Å². The zero-order valence-corrected chi connectivity index (χ0v) is 15.8. The van der Waals surface area contributed by atoms with Crippen molar-refractivity contribution in [1.29, 1.82) is 0 Å². The number of amides is 1. The van der Waals surface area contributed by atoms with E-state index in [2.05, 4.69) is 25.3 Å². The topological polar surface area (TPSA) is 86.8 Å². The minimum absolute atomic E-state index is 0.0550. The van der Waals surface area contributed by atoms with Crippen LogP contribution < -0.4 is 5.32 Å². The van der Waals surface area contributed by atoms with Crippen LogP contribution in [0.2, 0.25) is 0 Å². The van der Waals surface area contributed by atoms with Gasteiger partial charge in [0.25, 0.3) is 5.91 Å². The molecule has 1 aromatic carbocycles. The van der Waals surface area contributed by atoms with Gasteiger partial charge in [0.05, 0.1) is 6.33 Å². The minimum Gasteiger partial charge on any atom is -0.364 e. The quantitative estimate of drug-likeness (QED) is 0.726. The second-order valence-electron chi connectivity index (χ2n) is 7.22. The van der Waals surface area contributed by atoms with Crippen molar-refractivity contribution in [2.45, 2.75) is 38.6 Å². The third-order valence-corrected chi connectivity index (χ3v) is 5.19. The molecule has 0 spiro atoms. The predicted octanol–water partition coefficient (Wildman–Crippen LogP) is 3.30. The Kier molecular flexibility index (Phi) is 5.18. The Morgan fingerprint density at radius 1 is 1.25 bits per heavy atom. The van der Waals surface area contributed by atoms with Crippen LogP contribution >= 0.6 is 0 Å². The van der Waals surface area contributed by atoms with E-state index in [-0.39, 0.29) is 17.8 Å². The Bertz CT molecular complexity index is 988. The molecule has 4 rings (SSSR count). The standard InChI is InChI=1S/C20H23FN6O/c1-13-9-14(21)6-7-16(13)20(28)27-8-4-2-3-5-15(10-27)26-19-17-18(23-11-22-17)24-12-25-19/h6-7,9,11-12,15H,2-5,8,10H2,1H3,(H2,22,23,24,25,26). The summed E-state index contributed by atoms with van der Waals surface area (Å²) in [5.41, 5.74) is 2.58. The molecule has 3 aromatic rings. The molecule has 3 heterocycles. The highest BCUT2D eigenvalue weighted by Gasteiger charge is 2.24. The number of H-pyrrole nitrogens is 1. The number of carbonyl (C=O) groups excluding carboxylic acids is 1. The van der Waals surface area contributed by atoms with Gasteiger partial charge in [-0.15, -0.1) is 0 Å². The zero-order chi connectivity index (χ0) is 19.5. The van der Waals surface area contributed by atoms with E-state index in [1.165, 1.54) is 18.5 Å². The van der Waals surface area contributed by atoms with Crippen LogP contribution in [0.4, 0.5) is 10.2 Å². The van der Waals surface area contributed by atoms with Crippen LogP contribution in [-0.2, 0) is 0 Å². The second kappa shape index (κ2) is 7.92. The molecule has 146 valence electrons. The van der Waals surface area contributed by atoms with Gasteiger partial charge < -0.3 is 15.2 Å². The summed E-state index contributed by atoms with van der Waals surface area (Å²) in [5, 5.41) is 3.46. The molecule has 28 heavy (non-hydrogen) atoms. The number of fused-ring (bicyclic) bond motifs is 1. The first-order valence-electron chi connectivity index (χ1n) is 9.58.